The first-order valence-electron chi connectivity index (χ1n) is 3.81. The zero-order chi connectivity index (χ0) is 11.4. The number of amides is 2. The van der Waals surface area contributed by atoms with Crippen molar-refractivity contribution in [3.05, 3.63) is 11.1 Å². The number of aromatic nitrogens is 1. The summed E-state index contributed by atoms with van der Waals surface area (Å²) in [5.41, 5.74) is 10.3. The molecule has 1 atom stereocenters. The van der Waals surface area contributed by atoms with Crippen molar-refractivity contribution in [1.82, 2.24) is 10.3 Å². The van der Waals surface area contributed by atoms with Crippen LogP contribution in [0.3, 0.4) is 0 Å². The van der Waals surface area contributed by atoms with E-state index in [9.17, 15) is 14.4 Å². The number of rotatable bonds is 3. The Kier molecular flexibility index (Phi) is 3.34. The molecule has 0 fully saturated rings. The maximum atomic E-state index is 10.9. The lowest BCUT2D eigenvalue weighted by atomic mass is 10.2. The number of nitrogens with zero attached hydrogens (tertiary/aromatic N) is 1. The van der Waals surface area contributed by atoms with Crippen LogP contribution in [0, 0.1) is 0 Å². The van der Waals surface area contributed by atoms with E-state index in [2.05, 4.69) is 10.3 Å². The lowest BCUT2D eigenvalue weighted by Gasteiger charge is -2.07. The van der Waals surface area contributed by atoms with E-state index in [0.29, 0.717) is 6.29 Å². The van der Waals surface area contributed by atoms with E-state index in [1.807, 2.05) is 0 Å². The van der Waals surface area contributed by atoms with Crippen LogP contribution in [-0.2, 0) is 14.4 Å². The second-order valence-electron chi connectivity index (χ2n) is 2.56. The monoisotopic (exact) mass is 228 g/mol. The molecule has 0 bridgehead atoms. The summed E-state index contributed by atoms with van der Waals surface area (Å²) < 4.78 is 0. The van der Waals surface area contributed by atoms with E-state index in [4.69, 9.17) is 11.5 Å². The zero-order valence-corrected chi connectivity index (χ0v) is 8.28. The maximum absolute atomic E-state index is 10.9. The van der Waals surface area contributed by atoms with Gasteiger partial charge in [0.25, 0.3) is 0 Å². The molecule has 0 saturated heterocycles. The first kappa shape index (κ1) is 11.1. The number of hydrogen-bond donors (Lipinski definition) is 3. The zero-order valence-electron chi connectivity index (χ0n) is 7.47. The van der Waals surface area contributed by atoms with Gasteiger partial charge in [-0.15, -0.1) is 11.3 Å². The van der Waals surface area contributed by atoms with Crippen LogP contribution in [0.1, 0.15) is 11.7 Å². The molecule has 1 aromatic heterocycles. The molecule has 8 heteroatoms. The molecule has 2 amide bonds. The molecule has 80 valence electrons. The van der Waals surface area contributed by atoms with Gasteiger partial charge in [-0.1, -0.05) is 0 Å². The molecule has 0 aromatic carbocycles. The summed E-state index contributed by atoms with van der Waals surface area (Å²) in [7, 11) is 0. The molecule has 0 aliphatic rings. The fraction of sp³-hybridized carbons (Fsp3) is 0.143. The van der Waals surface area contributed by atoms with Gasteiger partial charge in [0.1, 0.15) is 12.3 Å². The molecule has 0 aliphatic heterocycles. The molecule has 0 saturated carbocycles. The number of hydrogen-bond acceptors (Lipinski definition) is 6. The molecular formula is C7H8N4O3S. The summed E-state index contributed by atoms with van der Waals surface area (Å²) in [4.78, 5) is 35.8. The van der Waals surface area contributed by atoms with Crippen LogP contribution in [-0.4, -0.2) is 23.1 Å². The highest BCUT2D eigenvalue weighted by atomic mass is 32.1. The normalized spacial score (nSPS) is 11.7. The van der Waals surface area contributed by atoms with Crippen LogP contribution < -0.4 is 16.8 Å². The topological polar surface area (TPSA) is 128 Å². The number of carbonyl (C=O) groups is 3. The van der Waals surface area contributed by atoms with Crippen LogP contribution >= 0.6 is 11.3 Å². The van der Waals surface area contributed by atoms with Gasteiger partial charge in [0.15, 0.2) is 5.13 Å². The van der Waals surface area contributed by atoms with Crippen LogP contribution in [0.4, 0.5) is 5.13 Å². The van der Waals surface area contributed by atoms with Gasteiger partial charge in [-0.2, -0.15) is 0 Å². The first-order valence-corrected chi connectivity index (χ1v) is 4.69. The maximum Gasteiger partial charge on any atom is 0.309 e. The third kappa shape index (κ3) is 2.74. The number of thiazole rings is 1. The summed E-state index contributed by atoms with van der Waals surface area (Å²) in [5.74, 6) is -2.20. The number of primary amides is 1. The van der Waals surface area contributed by atoms with Gasteiger partial charge in [0.05, 0.1) is 5.69 Å². The number of carbonyl (C=O) groups excluding carboxylic acids is 3. The van der Waals surface area contributed by atoms with Gasteiger partial charge in [-0.3, -0.25) is 9.59 Å². The van der Waals surface area contributed by atoms with Crippen molar-refractivity contribution >= 4 is 34.6 Å². The Bertz CT molecular complexity index is 403. The first-order chi connectivity index (χ1) is 7.04. The number of nitrogens with one attached hydrogen (secondary N) is 1. The second-order valence-corrected chi connectivity index (χ2v) is 3.45. The van der Waals surface area contributed by atoms with Crippen LogP contribution in [0.5, 0.6) is 0 Å². The standard InChI is InChI=1S/C7H8N4O3S/c8-5(13)6(14)10-3(1-12)4-2-15-7(9)11-4/h1-3H,(H2,8,13)(H2,9,11)(H,10,14). The van der Waals surface area contributed by atoms with Crippen LogP contribution in [0.2, 0.25) is 0 Å². The van der Waals surface area contributed by atoms with E-state index >= 15 is 0 Å². The summed E-state index contributed by atoms with van der Waals surface area (Å²) in [5, 5.41) is 3.88. The minimum atomic E-state index is -1.16. The van der Waals surface area contributed by atoms with Crippen molar-refractivity contribution in [1.29, 1.82) is 0 Å². The van der Waals surface area contributed by atoms with E-state index in [1.54, 1.807) is 0 Å². The summed E-state index contributed by atoms with van der Waals surface area (Å²) in [6, 6.07) is -1.00. The molecule has 0 radical (unpaired) electrons. The Hall–Kier alpha value is -1.96. The molecule has 15 heavy (non-hydrogen) atoms. The van der Waals surface area contributed by atoms with Gasteiger partial charge < -0.3 is 21.6 Å². The average Bonchev–Trinajstić information content (AvgIpc) is 2.60. The van der Waals surface area contributed by atoms with Gasteiger partial charge in [-0.05, 0) is 0 Å². The molecule has 5 N–H and O–H groups in total. The Morgan fingerprint density at radius 3 is 2.67 bits per heavy atom. The summed E-state index contributed by atoms with van der Waals surface area (Å²) >= 11 is 1.12. The highest BCUT2D eigenvalue weighted by Crippen LogP contribution is 2.16. The minimum Gasteiger partial charge on any atom is -0.375 e. The fourth-order valence-corrected chi connectivity index (χ4v) is 1.43. The molecule has 1 aromatic rings. The Morgan fingerprint density at radius 1 is 1.60 bits per heavy atom. The van der Waals surface area contributed by atoms with E-state index < -0.39 is 17.9 Å². The molecule has 0 aliphatic carbocycles. The van der Waals surface area contributed by atoms with E-state index in [0.717, 1.165) is 11.3 Å². The van der Waals surface area contributed by atoms with Crippen molar-refractivity contribution in [2.24, 2.45) is 5.73 Å². The molecular weight excluding hydrogens is 220 g/mol. The van der Waals surface area contributed by atoms with E-state index in [1.165, 1.54) is 5.38 Å². The molecule has 1 rings (SSSR count). The smallest absolute Gasteiger partial charge is 0.309 e. The predicted octanol–water partition coefficient (Wildman–Crippen LogP) is -1.43. The second kappa shape index (κ2) is 4.51. The van der Waals surface area contributed by atoms with Crippen molar-refractivity contribution in [3.63, 3.8) is 0 Å². The Morgan fingerprint density at radius 2 is 2.27 bits per heavy atom. The number of anilines is 1. The van der Waals surface area contributed by atoms with Gasteiger partial charge in [0, 0.05) is 5.38 Å². The van der Waals surface area contributed by atoms with Gasteiger partial charge in [0.2, 0.25) is 0 Å². The van der Waals surface area contributed by atoms with Crippen molar-refractivity contribution in [2.75, 3.05) is 5.73 Å². The van der Waals surface area contributed by atoms with Crippen molar-refractivity contribution in [3.8, 4) is 0 Å². The molecule has 1 heterocycles. The third-order valence-corrected chi connectivity index (χ3v) is 2.20. The Balaban J connectivity index is 2.77. The lowest BCUT2D eigenvalue weighted by Crippen LogP contribution is -2.39. The van der Waals surface area contributed by atoms with Gasteiger partial charge in [-0.25, -0.2) is 4.98 Å². The lowest BCUT2D eigenvalue weighted by molar-refractivity contribution is -0.138. The Labute approximate surface area is 88.5 Å². The average molecular weight is 228 g/mol. The van der Waals surface area contributed by atoms with Gasteiger partial charge >= 0.3 is 11.8 Å². The molecule has 1 unspecified atom stereocenters. The quantitative estimate of drug-likeness (QED) is 0.431. The molecule has 0 spiro atoms. The fourth-order valence-electron chi connectivity index (χ4n) is 0.834. The molecule has 7 nitrogen and oxygen atoms in total. The van der Waals surface area contributed by atoms with Crippen molar-refractivity contribution in [2.45, 2.75) is 6.04 Å². The summed E-state index contributed by atoms with van der Waals surface area (Å²) in [6.07, 6.45) is 0.440. The third-order valence-electron chi connectivity index (χ3n) is 1.50. The van der Waals surface area contributed by atoms with Crippen LogP contribution in [0.25, 0.3) is 0 Å². The van der Waals surface area contributed by atoms with Crippen molar-refractivity contribution < 1.29 is 14.4 Å². The number of aldehydes is 1. The predicted molar refractivity (Wildman–Crippen MR) is 52.7 cm³/mol. The largest absolute Gasteiger partial charge is 0.375 e. The number of nitrogen functional groups attached to an aromatic ring is 1. The highest BCUT2D eigenvalue weighted by Gasteiger charge is 2.19. The summed E-state index contributed by atoms with van der Waals surface area (Å²) in [6.45, 7) is 0. The highest BCUT2D eigenvalue weighted by molar-refractivity contribution is 7.13. The number of nitrogens with two attached hydrogens (primary N) is 2. The van der Waals surface area contributed by atoms with Crippen LogP contribution in [0.15, 0.2) is 5.38 Å². The van der Waals surface area contributed by atoms with E-state index in [-0.39, 0.29) is 10.8 Å². The minimum absolute atomic E-state index is 0.269. The SMILES string of the molecule is NC(=O)C(=O)NC(C=O)c1csc(N)n1.